The molecule has 0 aromatic rings. The average molecular weight is 188 g/mol. The molecule has 2 fully saturated rings. The molecule has 12 heavy (non-hydrogen) atoms. The number of hydrogen-bond acceptors (Lipinski definition) is 4. The van der Waals surface area contributed by atoms with Gasteiger partial charge in [0.15, 0.2) is 0 Å². The molecule has 0 aromatic carbocycles. The van der Waals surface area contributed by atoms with Gasteiger partial charge in [0.1, 0.15) is 13.4 Å². The third-order valence-electron chi connectivity index (χ3n) is 2.64. The Morgan fingerprint density at radius 1 is 1.83 bits per heavy atom. The lowest BCUT2D eigenvalue weighted by Crippen LogP contribution is -2.44. The summed E-state index contributed by atoms with van der Waals surface area (Å²) in [6.07, 6.45) is -0.350. The van der Waals surface area contributed by atoms with E-state index in [1.807, 2.05) is 7.85 Å². The fourth-order valence-electron chi connectivity index (χ4n) is 2.05. The number of ether oxygens (including phenoxy) is 2. The third-order valence-corrected chi connectivity index (χ3v) is 4.32. The number of fused-ring (bicyclic) bond motifs is 2. The molecular formula is C7H13BO3S. The molecule has 5 heteroatoms. The summed E-state index contributed by atoms with van der Waals surface area (Å²) in [5, 5.41) is 10.1. The smallest absolute Gasteiger partial charge is 0.140 e. The molecule has 68 valence electrons. The predicted octanol–water partition coefficient (Wildman–Crippen LogP) is -1.16. The van der Waals surface area contributed by atoms with Gasteiger partial charge in [0.2, 0.25) is 0 Å². The SMILES string of the molecule is B[C@@H]1O[C@]2(COC)CSC1C2O. The first kappa shape index (κ1) is 8.87. The summed E-state index contributed by atoms with van der Waals surface area (Å²) >= 11 is 1.79. The number of hydrogen-bond donors (Lipinski definition) is 1. The average Bonchev–Trinajstić information content (AvgIpc) is 2.41. The van der Waals surface area contributed by atoms with E-state index in [1.54, 1.807) is 18.9 Å². The molecule has 1 N–H and O–H groups in total. The molecule has 0 saturated carbocycles. The van der Waals surface area contributed by atoms with Crippen LogP contribution in [0.5, 0.6) is 0 Å². The van der Waals surface area contributed by atoms with Gasteiger partial charge in [0, 0.05) is 18.9 Å². The van der Waals surface area contributed by atoms with Crippen LogP contribution in [-0.4, -0.2) is 55.4 Å². The zero-order chi connectivity index (χ0) is 8.77. The molecule has 2 saturated heterocycles. The highest BCUT2D eigenvalue weighted by molar-refractivity contribution is 8.00. The van der Waals surface area contributed by atoms with Crippen molar-refractivity contribution in [2.75, 3.05) is 19.5 Å². The molecule has 3 nitrogen and oxygen atoms in total. The van der Waals surface area contributed by atoms with Crippen molar-refractivity contribution in [3.05, 3.63) is 0 Å². The van der Waals surface area contributed by atoms with Gasteiger partial charge in [0.25, 0.3) is 0 Å². The second kappa shape index (κ2) is 2.91. The first-order valence-electron chi connectivity index (χ1n) is 4.16. The summed E-state index contributed by atoms with van der Waals surface area (Å²) in [5.41, 5.74) is -0.413. The minimum absolute atomic E-state index is 0.161. The monoisotopic (exact) mass is 188 g/mol. The largest absolute Gasteiger partial charge is 0.389 e. The van der Waals surface area contributed by atoms with E-state index in [4.69, 9.17) is 9.47 Å². The Bertz CT molecular complexity index is 191. The Hall–Kier alpha value is 0.295. The lowest BCUT2D eigenvalue weighted by atomic mass is 9.93. The highest BCUT2D eigenvalue weighted by atomic mass is 32.2. The molecule has 4 atom stereocenters. The number of thioether (sulfide) groups is 1. The first-order valence-corrected chi connectivity index (χ1v) is 5.21. The van der Waals surface area contributed by atoms with Gasteiger partial charge in [-0.2, -0.15) is 11.8 Å². The minimum Gasteiger partial charge on any atom is -0.389 e. The van der Waals surface area contributed by atoms with Gasteiger partial charge >= 0.3 is 0 Å². The zero-order valence-electron chi connectivity index (χ0n) is 7.32. The zero-order valence-corrected chi connectivity index (χ0v) is 8.13. The van der Waals surface area contributed by atoms with E-state index in [0.717, 1.165) is 5.75 Å². The molecule has 0 spiro atoms. The Morgan fingerprint density at radius 2 is 2.58 bits per heavy atom. The van der Waals surface area contributed by atoms with Crippen LogP contribution in [0.3, 0.4) is 0 Å². The Balaban J connectivity index is 2.15. The van der Waals surface area contributed by atoms with Gasteiger partial charge < -0.3 is 14.6 Å². The lowest BCUT2D eigenvalue weighted by Gasteiger charge is -2.28. The molecule has 0 aromatic heterocycles. The molecule has 2 aliphatic heterocycles. The Kier molecular flexibility index (Phi) is 2.15. The summed E-state index contributed by atoms with van der Waals surface area (Å²) in [5.74, 6) is 0.858. The van der Waals surface area contributed by atoms with E-state index in [-0.39, 0.29) is 17.4 Å². The van der Waals surface area contributed by atoms with Crippen molar-refractivity contribution in [1.29, 1.82) is 0 Å². The second-order valence-electron chi connectivity index (χ2n) is 3.54. The molecule has 2 aliphatic rings. The van der Waals surface area contributed by atoms with Crippen molar-refractivity contribution in [2.24, 2.45) is 0 Å². The van der Waals surface area contributed by atoms with Gasteiger partial charge in [-0.1, -0.05) is 0 Å². The van der Waals surface area contributed by atoms with Gasteiger partial charge in [-0.3, -0.25) is 0 Å². The van der Waals surface area contributed by atoms with Crippen LogP contribution >= 0.6 is 11.8 Å². The number of methoxy groups -OCH3 is 1. The van der Waals surface area contributed by atoms with Crippen molar-refractivity contribution < 1.29 is 14.6 Å². The van der Waals surface area contributed by atoms with Crippen molar-refractivity contribution in [3.63, 3.8) is 0 Å². The first-order chi connectivity index (χ1) is 5.69. The van der Waals surface area contributed by atoms with Crippen LogP contribution in [0.4, 0.5) is 0 Å². The fraction of sp³-hybridized carbons (Fsp3) is 1.00. The summed E-state index contributed by atoms with van der Waals surface area (Å²) in [6.45, 7) is 0.502. The summed E-state index contributed by atoms with van der Waals surface area (Å²) in [6, 6.07) is 0.161. The van der Waals surface area contributed by atoms with Crippen molar-refractivity contribution in [2.45, 2.75) is 23.0 Å². The topological polar surface area (TPSA) is 38.7 Å². The molecule has 2 unspecified atom stereocenters. The molecule has 0 radical (unpaired) electrons. The molecule has 2 bridgehead atoms. The van der Waals surface area contributed by atoms with Crippen LogP contribution in [0.1, 0.15) is 0 Å². The lowest BCUT2D eigenvalue weighted by molar-refractivity contribution is -0.0884. The fourth-order valence-corrected chi connectivity index (χ4v) is 3.61. The number of rotatable bonds is 2. The van der Waals surface area contributed by atoms with Crippen LogP contribution in [0.25, 0.3) is 0 Å². The Labute approximate surface area is 77.2 Å². The quantitative estimate of drug-likeness (QED) is 0.554. The van der Waals surface area contributed by atoms with E-state index in [1.165, 1.54) is 0 Å². The summed E-state index contributed by atoms with van der Waals surface area (Å²) < 4.78 is 10.8. The third kappa shape index (κ3) is 1.04. The van der Waals surface area contributed by atoms with Crippen LogP contribution in [-0.2, 0) is 9.47 Å². The second-order valence-corrected chi connectivity index (χ2v) is 4.71. The number of aliphatic hydroxyl groups is 1. The number of aliphatic hydroxyl groups excluding tert-OH is 1. The highest BCUT2D eigenvalue weighted by Gasteiger charge is 2.58. The van der Waals surface area contributed by atoms with Gasteiger partial charge in [0.05, 0.1) is 18.0 Å². The van der Waals surface area contributed by atoms with Crippen LogP contribution in [0.2, 0.25) is 0 Å². The molecule has 2 heterocycles. The van der Waals surface area contributed by atoms with E-state index in [9.17, 15) is 5.11 Å². The van der Waals surface area contributed by atoms with Crippen molar-refractivity contribution >= 4 is 19.6 Å². The molecule has 0 amide bonds. The maximum absolute atomic E-state index is 9.85. The predicted molar refractivity (Wildman–Crippen MR) is 50.3 cm³/mol. The van der Waals surface area contributed by atoms with E-state index < -0.39 is 5.60 Å². The van der Waals surface area contributed by atoms with Gasteiger partial charge in [-0.05, 0) is 0 Å². The summed E-state index contributed by atoms with van der Waals surface area (Å²) in [4.78, 5) is 0. The van der Waals surface area contributed by atoms with Crippen LogP contribution in [0, 0.1) is 0 Å². The van der Waals surface area contributed by atoms with Gasteiger partial charge in [-0.15, -0.1) is 0 Å². The van der Waals surface area contributed by atoms with Crippen molar-refractivity contribution in [1.82, 2.24) is 0 Å². The van der Waals surface area contributed by atoms with E-state index >= 15 is 0 Å². The van der Waals surface area contributed by atoms with E-state index in [0.29, 0.717) is 6.61 Å². The van der Waals surface area contributed by atoms with Gasteiger partial charge in [-0.25, -0.2) is 0 Å². The van der Waals surface area contributed by atoms with E-state index in [2.05, 4.69) is 0 Å². The molecular weight excluding hydrogens is 175 g/mol. The van der Waals surface area contributed by atoms with Crippen LogP contribution < -0.4 is 0 Å². The Morgan fingerprint density at radius 3 is 3.00 bits per heavy atom. The molecule has 2 rings (SSSR count). The standard InChI is InChI=1S/C7H13BO3S/c1-10-2-7-3-12-4(5(7)9)6(8)11-7/h4-6,9H,2-3,8H2,1H3/t4?,5?,6-,7-/m1/s1. The van der Waals surface area contributed by atoms with Crippen LogP contribution in [0.15, 0.2) is 0 Å². The minimum atomic E-state index is -0.413. The van der Waals surface area contributed by atoms with Crippen molar-refractivity contribution in [3.8, 4) is 0 Å². The molecule has 0 aliphatic carbocycles. The normalized spacial score (nSPS) is 51.7. The summed E-state index contributed by atoms with van der Waals surface area (Å²) in [7, 11) is 3.66. The highest BCUT2D eigenvalue weighted by Crippen LogP contribution is 2.46. The maximum atomic E-state index is 9.85. The maximum Gasteiger partial charge on any atom is 0.140 e.